The summed E-state index contributed by atoms with van der Waals surface area (Å²) >= 11 is 5.76. The largest absolute Gasteiger partial charge is 0.376 e. The first-order valence-electron chi connectivity index (χ1n) is 6.20. The highest BCUT2D eigenvalue weighted by Gasteiger charge is 2.19. The molecule has 0 bridgehead atoms. The Morgan fingerprint density at radius 2 is 2.21 bits per heavy atom. The Kier molecular flexibility index (Phi) is 5.15. The average molecular weight is 285 g/mol. The molecule has 0 aromatic heterocycles. The quantitative estimate of drug-likeness (QED) is 0.855. The minimum atomic E-state index is -0.582. The van der Waals surface area contributed by atoms with E-state index in [0.717, 1.165) is 0 Å². The van der Waals surface area contributed by atoms with Gasteiger partial charge in [0.05, 0.1) is 13.2 Å². The number of benzene rings is 1. The fourth-order valence-electron chi connectivity index (χ4n) is 1.90. The third-order valence-corrected chi connectivity index (χ3v) is 3.25. The number of nitrogens with zero attached hydrogens (tertiary/aromatic N) is 1. The summed E-state index contributed by atoms with van der Waals surface area (Å²) in [6.07, 6.45) is -0.582. The van der Waals surface area contributed by atoms with E-state index in [0.29, 0.717) is 43.4 Å². The Morgan fingerprint density at radius 3 is 2.89 bits per heavy atom. The van der Waals surface area contributed by atoms with Gasteiger partial charge >= 0.3 is 0 Å². The summed E-state index contributed by atoms with van der Waals surface area (Å²) in [4.78, 5) is 13.7. The maximum Gasteiger partial charge on any atom is 0.251 e. The van der Waals surface area contributed by atoms with E-state index >= 15 is 0 Å². The summed E-state index contributed by atoms with van der Waals surface area (Å²) in [6, 6.07) is 6.73. The van der Waals surface area contributed by atoms with E-state index < -0.39 is 6.23 Å². The van der Waals surface area contributed by atoms with Crippen LogP contribution >= 0.6 is 11.6 Å². The van der Waals surface area contributed by atoms with Crippen LogP contribution in [0, 0.1) is 0 Å². The first kappa shape index (κ1) is 14.3. The lowest BCUT2D eigenvalue weighted by Gasteiger charge is -2.31. The zero-order valence-electron chi connectivity index (χ0n) is 10.5. The number of morpholine rings is 1. The molecular formula is C13H17ClN2O3. The molecule has 1 amide bonds. The normalized spacial score (nSPS) is 20.2. The van der Waals surface area contributed by atoms with Gasteiger partial charge in [0.2, 0.25) is 0 Å². The summed E-state index contributed by atoms with van der Waals surface area (Å²) in [5, 5.41) is 13.1. The number of halogens is 1. The highest BCUT2D eigenvalue weighted by molar-refractivity contribution is 6.30. The van der Waals surface area contributed by atoms with Crippen LogP contribution in [-0.4, -0.2) is 55.0 Å². The predicted octanol–water partition coefficient (Wildman–Crippen LogP) is 0.720. The van der Waals surface area contributed by atoms with Gasteiger partial charge in [-0.2, -0.15) is 0 Å². The molecule has 1 fully saturated rings. The van der Waals surface area contributed by atoms with Gasteiger partial charge in [0.1, 0.15) is 6.23 Å². The van der Waals surface area contributed by atoms with Crippen molar-refractivity contribution in [2.24, 2.45) is 0 Å². The Bertz CT molecular complexity index is 424. The Morgan fingerprint density at radius 1 is 1.47 bits per heavy atom. The van der Waals surface area contributed by atoms with Crippen LogP contribution in [0.2, 0.25) is 5.02 Å². The summed E-state index contributed by atoms with van der Waals surface area (Å²) in [5.41, 5.74) is 0.576. The fourth-order valence-corrected chi connectivity index (χ4v) is 2.03. The maximum atomic E-state index is 11.8. The molecule has 6 heteroatoms. The van der Waals surface area contributed by atoms with Crippen LogP contribution in [0.1, 0.15) is 10.4 Å². The molecule has 0 spiro atoms. The second-order valence-corrected chi connectivity index (χ2v) is 4.79. The zero-order valence-corrected chi connectivity index (χ0v) is 11.3. The third-order valence-electron chi connectivity index (χ3n) is 3.00. The highest BCUT2D eigenvalue weighted by atomic mass is 35.5. The summed E-state index contributed by atoms with van der Waals surface area (Å²) in [5.74, 6) is -0.139. The second kappa shape index (κ2) is 6.86. The van der Waals surface area contributed by atoms with Gasteiger partial charge in [0, 0.05) is 30.2 Å². The molecule has 0 aliphatic carbocycles. The number of carbonyl (C=O) groups excluding carboxylic acids is 1. The summed E-state index contributed by atoms with van der Waals surface area (Å²) in [7, 11) is 0. The molecule has 1 heterocycles. The molecule has 1 aromatic carbocycles. The van der Waals surface area contributed by atoms with Crippen LogP contribution in [0.4, 0.5) is 0 Å². The van der Waals surface area contributed by atoms with Crippen molar-refractivity contribution >= 4 is 17.5 Å². The lowest BCUT2D eigenvalue weighted by atomic mass is 10.2. The first-order chi connectivity index (χ1) is 9.16. The lowest BCUT2D eigenvalue weighted by Crippen LogP contribution is -2.48. The van der Waals surface area contributed by atoms with Crippen molar-refractivity contribution in [3.8, 4) is 0 Å². The van der Waals surface area contributed by atoms with Crippen LogP contribution < -0.4 is 5.32 Å². The molecule has 1 aromatic rings. The number of rotatable bonds is 4. The minimum absolute atomic E-state index is 0.139. The Balaban J connectivity index is 1.76. The van der Waals surface area contributed by atoms with Crippen molar-refractivity contribution in [2.45, 2.75) is 6.23 Å². The van der Waals surface area contributed by atoms with E-state index in [2.05, 4.69) is 5.32 Å². The van der Waals surface area contributed by atoms with Crippen molar-refractivity contribution in [1.29, 1.82) is 0 Å². The number of carbonyl (C=O) groups is 1. The van der Waals surface area contributed by atoms with E-state index in [1.807, 2.05) is 4.90 Å². The van der Waals surface area contributed by atoms with E-state index in [-0.39, 0.29) is 5.91 Å². The molecule has 104 valence electrons. The monoisotopic (exact) mass is 284 g/mol. The first-order valence-corrected chi connectivity index (χ1v) is 6.58. The van der Waals surface area contributed by atoms with Crippen LogP contribution in [0.15, 0.2) is 24.3 Å². The number of amides is 1. The summed E-state index contributed by atoms with van der Waals surface area (Å²) < 4.78 is 5.13. The molecule has 2 rings (SSSR count). The Hall–Kier alpha value is -1.14. The lowest BCUT2D eigenvalue weighted by molar-refractivity contribution is -0.104. The van der Waals surface area contributed by atoms with Gasteiger partial charge in [-0.1, -0.05) is 11.6 Å². The molecule has 1 aliphatic heterocycles. The number of hydrogen-bond donors (Lipinski definition) is 2. The molecule has 5 nitrogen and oxygen atoms in total. The van der Waals surface area contributed by atoms with Gasteiger partial charge < -0.3 is 15.2 Å². The Labute approximate surface area is 117 Å². The number of aliphatic hydroxyl groups excluding tert-OH is 1. The number of nitrogens with one attached hydrogen (secondary N) is 1. The molecular weight excluding hydrogens is 268 g/mol. The van der Waals surface area contributed by atoms with Crippen LogP contribution in [0.3, 0.4) is 0 Å². The van der Waals surface area contributed by atoms with Crippen molar-refractivity contribution in [3.05, 3.63) is 34.9 Å². The van der Waals surface area contributed by atoms with Gasteiger partial charge in [0.15, 0.2) is 0 Å². The highest BCUT2D eigenvalue weighted by Crippen LogP contribution is 2.09. The molecule has 0 radical (unpaired) electrons. The molecule has 1 aliphatic rings. The minimum Gasteiger partial charge on any atom is -0.376 e. The van der Waals surface area contributed by atoms with Crippen molar-refractivity contribution in [1.82, 2.24) is 10.2 Å². The number of hydrogen-bond acceptors (Lipinski definition) is 4. The number of aliphatic hydroxyl groups is 1. The van der Waals surface area contributed by atoms with Crippen molar-refractivity contribution in [3.63, 3.8) is 0 Å². The molecule has 1 unspecified atom stereocenters. The van der Waals surface area contributed by atoms with Crippen LogP contribution in [-0.2, 0) is 4.74 Å². The molecule has 19 heavy (non-hydrogen) atoms. The van der Waals surface area contributed by atoms with E-state index in [1.54, 1.807) is 24.3 Å². The van der Waals surface area contributed by atoms with E-state index in [1.165, 1.54) is 0 Å². The fraction of sp³-hybridized carbons (Fsp3) is 0.462. The van der Waals surface area contributed by atoms with Crippen LogP contribution in [0.25, 0.3) is 0 Å². The van der Waals surface area contributed by atoms with Gasteiger partial charge in [-0.25, -0.2) is 0 Å². The van der Waals surface area contributed by atoms with Gasteiger partial charge in [0.25, 0.3) is 5.91 Å². The van der Waals surface area contributed by atoms with Gasteiger partial charge in [-0.05, 0) is 24.3 Å². The number of ether oxygens (including phenoxy) is 1. The molecule has 2 N–H and O–H groups in total. The van der Waals surface area contributed by atoms with E-state index in [4.69, 9.17) is 16.3 Å². The molecule has 1 saturated heterocycles. The SMILES string of the molecule is O=C(NCCN1CCOCC1O)c1ccc(Cl)cc1. The smallest absolute Gasteiger partial charge is 0.251 e. The third kappa shape index (κ3) is 4.18. The standard InChI is InChI=1S/C13H17ClN2O3/c14-11-3-1-10(2-4-11)13(18)15-5-6-16-7-8-19-9-12(16)17/h1-4,12,17H,5-9H2,(H,15,18). The molecule has 1 atom stereocenters. The second-order valence-electron chi connectivity index (χ2n) is 4.35. The van der Waals surface area contributed by atoms with Gasteiger partial charge in [-0.15, -0.1) is 0 Å². The maximum absolute atomic E-state index is 11.8. The van der Waals surface area contributed by atoms with E-state index in [9.17, 15) is 9.90 Å². The predicted molar refractivity (Wildman–Crippen MR) is 72.2 cm³/mol. The summed E-state index contributed by atoms with van der Waals surface area (Å²) in [6.45, 7) is 2.70. The average Bonchev–Trinajstić information content (AvgIpc) is 2.41. The van der Waals surface area contributed by atoms with Crippen LogP contribution in [0.5, 0.6) is 0 Å². The zero-order chi connectivity index (χ0) is 13.7. The van der Waals surface area contributed by atoms with Crippen molar-refractivity contribution < 1.29 is 14.6 Å². The van der Waals surface area contributed by atoms with Crippen molar-refractivity contribution in [2.75, 3.05) is 32.8 Å². The molecule has 0 saturated carbocycles. The van der Waals surface area contributed by atoms with Gasteiger partial charge in [-0.3, -0.25) is 9.69 Å². The topological polar surface area (TPSA) is 61.8 Å².